The number of carbonyl (C=O) groups is 1. The number of rotatable bonds is 5. The van der Waals surface area contributed by atoms with Crippen molar-refractivity contribution in [3.05, 3.63) is 47.4 Å². The van der Waals surface area contributed by atoms with Crippen LogP contribution in [0.25, 0.3) is 10.9 Å². The maximum atomic E-state index is 12.8. The number of hydrogen-bond acceptors (Lipinski definition) is 3. The molecule has 5 nitrogen and oxygen atoms in total. The Labute approximate surface area is 159 Å². The minimum atomic E-state index is 0.00400. The average Bonchev–Trinajstić information content (AvgIpc) is 3.08. The Morgan fingerprint density at radius 2 is 1.96 bits per heavy atom. The second-order valence-corrected chi connectivity index (χ2v) is 7.82. The molecule has 0 saturated carbocycles. The van der Waals surface area contributed by atoms with Crippen LogP contribution in [0, 0.1) is 13.8 Å². The molecule has 26 heavy (non-hydrogen) atoms. The van der Waals surface area contributed by atoms with Crippen molar-refractivity contribution >= 4 is 28.6 Å². The van der Waals surface area contributed by atoms with Crippen molar-refractivity contribution in [1.82, 2.24) is 19.2 Å². The molecular weight excluding hydrogens is 344 g/mol. The summed E-state index contributed by atoms with van der Waals surface area (Å²) >= 11 is 1.60. The first-order chi connectivity index (χ1) is 12.3. The lowest BCUT2D eigenvalue weighted by Crippen LogP contribution is -2.31. The summed E-state index contributed by atoms with van der Waals surface area (Å²) in [5.74, 6) is 0.547. The van der Waals surface area contributed by atoms with Gasteiger partial charge >= 0.3 is 0 Å². The summed E-state index contributed by atoms with van der Waals surface area (Å²) in [5.41, 5.74) is 4.42. The van der Waals surface area contributed by atoms with Crippen molar-refractivity contribution < 1.29 is 4.79 Å². The van der Waals surface area contributed by atoms with Gasteiger partial charge in [-0.25, -0.2) is 0 Å². The smallest absolute Gasteiger partial charge is 0.233 e. The van der Waals surface area contributed by atoms with E-state index in [1.165, 1.54) is 10.9 Å². The third-order valence-electron chi connectivity index (χ3n) is 5.17. The van der Waals surface area contributed by atoms with Gasteiger partial charge in [-0.2, -0.15) is 5.10 Å². The first kappa shape index (κ1) is 18.6. The van der Waals surface area contributed by atoms with Gasteiger partial charge in [-0.05, 0) is 26.8 Å². The number of nitrogens with zero attached hydrogens (tertiary/aromatic N) is 4. The summed E-state index contributed by atoms with van der Waals surface area (Å²) in [6, 6.07) is 8.29. The lowest BCUT2D eigenvalue weighted by molar-refractivity contribution is -0.128. The van der Waals surface area contributed by atoms with Crippen LogP contribution in [0.15, 0.2) is 35.4 Å². The van der Waals surface area contributed by atoms with E-state index in [0.717, 1.165) is 21.8 Å². The standard InChI is InChI=1S/C20H26N4OS/c1-13-20(15(3)24(6)21-13)14(2)23(5)19(25)12-26-18-11-22(4)17-10-8-7-9-16(17)18/h7-11,14H,12H2,1-6H3. The fourth-order valence-corrected chi connectivity index (χ4v) is 4.51. The van der Waals surface area contributed by atoms with Gasteiger partial charge in [0.25, 0.3) is 0 Å². The fourth-order valence-electron chi connectivity index (χ4n) is 3.47. The predicted molar refractivity (Wildman–Crippen MR) is 108 cm³/mol. The molecule has 0 saturated heterocycles. The molecule has 3 rings (SSSR count). The van der Waals surface area contributed by atoms with Gasteiger partial charge in [-0.1, -0.05) is 18.2 Å². The molecule has 1 aromatic carbocycles. The minimum Gasteiger partial charge on any atom is -0.349 e. The van der Waals surface area contributed by atoms with Gasteiger partial charge in [0.2, 0.25) is 5.91 Å². The summed E-state index contributed by atoms with van der Waals surface area (Å²) in [4.78, 5) is 15.7. The largest absolute Gasteiger partial charge is 0.349 e. The molecule has 0 aliphatic heterocycles. The number of benzene rings is 1. The highest BCUT2D eigenvalue weighted by Gasteiger charge is 2.23. The van der Waals surface area contributed by atoms with E-state index in [1.807, 2.05) is 49.8 Å². The Morgan fingerprint density at radius 1 is 1.27 bits per heavy atom. The van der Waals surface area contributed by atoms with Crippen LogP contribution in [0.5, 0.6) is 0 Å². The Balaban J connectivity index is 1.73. The fraction of sp³-hybridized carbons (Fsp3) is 0.400. The molecule has 0 aliphatic carbocycles. The number of carbonyl (C=O) groups excluding carboxylic acids is 1. The number of aryl methyl sites for hydroxylation is 3. The molecule has 0 fully saturated rings. The third kappa shape index (κ3) is 3.26. The first-order valence-corrected chi connectivity index (χ1v) is 9.72. The van der Waals surface area contributed by atoms with E-state index in [4.69, 9.17) is 0 Å². The number of amides is 1. The molecule has 0 aliphatic rings. The molecule has 1 atom stereocenters. The molecule has 2 aromatic heterocycles. The molecule has 0 bridgehead atoms. The van der Waals surface area contributed by atoms with Crippen LogP contribution in [-0.4, -0.2) is 38.0 Å². The normalized spacial score (nSPS) is 12.5. The summed E-state index contributed by atoms with van der Waals surface area (Å²) in [5, 5.41) is 5.67. The van der Waals surface area contributed by atoms with Crippen molar-refractivity contribution in [3.8, 4) is 0 Å². The van der Waals surface area contributed by atoms with Crippen molar-refractivity contribution in [2.45, 2.75) is 31.7 Å². The Hall–Kier alpha value is -2.21. The Bertz CT molecular complexity index is 956. The Morgan fingerprint density at radius 3 is 2.62 bits per heavy atom. The average molecular weight is 371 g/mol. The zero-order chi connectivity index (χ0) is 19.0. The monoisotopic (exact) mass is 370 g/mol. The zero-order valence-electron chi connectivity index (χ0n) is 16.3. The summed E-state index contributed by atoms with van der Waals surface area (Å²) < 4.78 is 3.99. The second-order valence-electron chi connectivity index (χ2n) is 6.80. The van der Waals surface area contributed by atoms with Gasteiger partial charge in [0.05, 0.1) is 17.5 Å². The lowest BCUT2D eigenvalue weighted by atomic mass is 10.1. The highest BCUT2D eigenvalue weighted by molar-refractivity contribution is 8.00. The molecular formula is C20H26N4OS. The maximum absolute atomic E-state index is 12.8. The molecule has 3 aromatic rings. The summed E-state index contributed by atoms with van der Waals surface area (Å²) in [7, 11) is 5.86. The van der Waals surface area contributed by atoms with Gasteiger partial charge in [0.1, 0.15) is 0 Å². The Kier molecular flexibility index (Phi) is 5.14. The van der Waals surface area contributed by atoms with E-state index in [-0.39, 0.29) is 11.9 Å². The van der Waals surface area contributed by atoms with Gasteiger partial charge in [0.15, 0.2) is 0 Å². The van der Waals surface area contributed by atoms with E-state index in [1.54, 1.807) is 11.8 Å². The molecule has 0 radical (unpaired) electrons. The SMILES string of the molecule is Cc1nn(C)c(C)c1C(C)N(C)C(=O)CSc1cn(C)c2ccccc12. The van der Waals surface area contributed by atoms with Gasteiger partial charge < -0.3 is 9.47 Å². The highest BCUT2D eigenvalue weighted by atomic mass is 32.2. The second kappa shape index (κ2) is 7.19. The van der Waals surface area contributed by atoms with Crippen molar-refractivity contribution in [2.24, 2.45) is 14.1 Å². The number of thioether (sulfide) groups is 1. The molecule has 6 heteroatoms. The van der Waals surface area contributed by atoms with E-state index in [0.29, 0.717) is 5.75 Å². The van der Waals surface area contributed by atoms with Crippen molar-refractivity contribution in [2.75, 3.05) is 12.8 Å². The molecule has 2 heterocycles. The third-order valence-corrected chi connectivity index (χ3v) is 6.20. The molecule has 1 amide bonds. The van der Waals surface area contributed by atoms with Crippen LogP contribution in [0.2, 0.25) is 0 Å². The topological polar surface area (TPSA) is 43.1 Å². The lowest BCUT2D eigenvalue weighted by Gasteiger charge is -2.25. The summed E-state index contributed by atoms with van der Waals surface area (Å²) in [6.45, 7) is 6.12. The van der Waals surface area contributed by atoms with Gasteiger partial charge in [-0.3, -0.25) is 9.48 Å². The number of para-hydroxylation sites is 1. The van der Waals surface area contributed by atoms with E-state index < -0.39 is 0 Å². The molecule has 0 spiro atoms. The minimum absolute atomic E-state index is 0.00400. The van der Waals surface area contributed by atoms with Crippen LogP contribution in [0.4, 0.5) is 0 Å². The van der Waals surface area contributed by atoms with E-state index in [2.05, 4.69) is 41.8 Å². The van der Waals surface area contributed by atoms with Crippen LogP contribution in [0.1, 0.15) is 29.9 Å². The van der Waals surface area contributed by atoms with Crippen LogP contribution < -0.4 is 0 Å². The zero-order valence-corrected chi connectivity index (χ0v) is 17.1. The van der Waals surface area contributed by atoms with Gasteiger partial charge in [-0.15, -0.1) is 11.8 Å². The summed E-state index contributed by atoms with van der Waals surface area (Å²) in [6.07, 6.45) is 2.10. The van der Waals surface area contributed by atoms with Gasteiger partial charge in [0, 0.05) is 54.4 Å². The highest BCUT2D eigenvalue weighted by Crippen LogP contribution is 2.31. The van der Waals surface area contributed by atoms with E-state index in [9.17, 15) is 4.79 Å². The number of aromatic nitrogens is 3. The number of fused-ring (bicyclic) bond motifs is 1. The van der Waals surface area contributed by atoms with Crippen molar-refractivity contribution in [1.29, 1.82) is 0 Å². The quantitative estimate of drug-likeness (QED) is 0.641. The predicted octanol–water partition coefficient (Wildman–Crippen LogP) is 3.84. The molecule has 138 valence electrons. The van der Waals surface area contributed by atoms with Crippen LogP contribution in [-0.2, 0) is 18.9 Å². The van der Waals surface area contributed by atoms with E-state index >= 15 is 0 Å². The first-order valence-electron chi connectivity index (χ1n) is 8.73. The van der Waals surface area contributed by atoms with Crippen LogP contribution in [0.3, 0.4) is 0 Å². The molecule has 1 unspecified atom stereocenters. The maximum Gasteiger partial charge on any atom is 0.233 e. The number of hydrogen-bond donors (Lipinski definition) is 0. The van der Waals surface area contributed by atoms with Crippen molar-refractivity contribution in [3.63, 3.8) is 0 Å². The van der Waals surface area contributed by atoms with Crippen LogP contribution >= 0.6 is 11.8 Å². The molecule has 0 N–H and O–H groups in total.